The molecule has 2 atom stereocenters. The number of aromatic nitrogens is 2. The molecule has 1 fully saturated rings. The quantitative estimate of drug-likeness (QED) is 0.741. The van der Waals surface area contributed by atoms with E-state index in [2.05, 4.69) is 42.0 Å². The minimum absolute atomic E-state index is 0.244. The smallest absolute Gasteiger partial charge is 0.0931 e. The lowest BCUT2D eigenvalue weighted by Crippen LogP contribution is -2.06. The fourth-order valence-corrected chi connectivity index (χ4v) is 2.46. The molecule has 3 rings (SSSR count). The summed E-state index contributed by atoms with van der Waals surface area (Å²) in [6.07, 6.45) is 1.73. The minimum Gasteiger partial charge on any atom is -0.345 e. The third-order valence-electron chi connectivity index (χ3n) is 3.71. The SMILES string of the molecule is CC1(C)[C@H](N)[C@H]1c1ccc2nc[nH]c2c1. The molecule has 1 aromatic carbocycles. The van der Waals surface area contributed by atoms with Gasteiger partial charge in [-0.25, -0.2) is 4.98 Å². The van der Waals surface area contributed by atoms with E-state index in [0.717, 1.165) is 11.0 Å². The maximum absolute atomic E-state index is 6.07. The van der Waals surface area contributed by atoms with Crippen LogP contribution in [-0.4, -0.2) is 16.0 Å². The first-order valence-corrected chi connectivity index (χ1v) is 5.29. The molecule has 0 bridgehead atoms. The van der Waals surface area contributed by atoms with Gasteiger partial charge in [-0.2, -0.15) is 0 Å². The van der Waals surface area contributed by atoms with Crippen LogP contribution in [0.15, 0.2) is 24.5 Å². The zero-order valence-corrected chi connectivity index (χ0v) is 8.99. The highest BCUT2D eigenvalue weighted by Crippen LogP contribution is 2.57. The Balaban J connectivity index is 2.06. The molecule has 1 aliphatic rings. The number of hydrogen-bond donors (Lipinski definition) is 2. The summed E-state index contributed by atoms with van der Waals surface area (Å²) in [4.78, 5) is 7.34. The van der Waals surface area contributed by atoms with Gasteiger partial charge in [-0.1, -0.05) is 19.9 Å². The number of H-pyrrole nitrogens is 1. The fraction of sp³-hybridized carbons (Fsp3) is 0.417. The van der Waals surface area contributed by atoms with E-state index in [1.807, 2.05) is 0 Å². The van der Waals surface area contributed by atoms with E-state index in [-0.39, 0.29) is 11.5 Å². The lowest BCUT2D eigenvalue weighted by atomic mass is 10.0. The molecule has 0 spiro atoms. The van der Waals surface area contributed by atoms with Crippen LogP contribution in [0, 0.1) is 5.41 Å². The number of imidazole rings is 1. The van der Waals surface area contributed by atoms with Crippen LogP contribution in [0.3, 0.4) is 0 Å². The Hall–Kier alpha value is -1.35. The second-order valence-corrected chi connectivity index (χ2v) is 5.00. The minimum atomic E-state index is 0.244. The Morgan fingerprint density at radius 3 is 2.80 bits per heavy atom. The molecule has 1 saturated carbocycles. The Morgan fingerprint density at radius 2 is 2.13 bits per heavy atom. The van der Waals surface area contributed by atoms with Crippen molar-refractivity contribution in [1.82, 2.24) is 9.97 Å². The number of nitrogens with zero attached hydrogens (tertiary/aromatic N) is 1. The number of aromatic amines is 1. The molecule has 0 radical (unpaired) electrons. The summed E-state index contributed by atoms with van der Waals surface area (Å²) in [6.45, 7) is 4.44. The normalized spacial score (nSPS) is 28.2. The van der Waals surface area contributed by atoms with Gasteiger partial charge in [-0.15, -0.1) is 0 Å². The second kappa shape index (κ2) is 2.61. The monoisotopic (exact) mass is 201 g/mol. The molecular weight excluding hydrogens is 186 g/mol. The first kappa shape index (κ1) is 8.92. The third-order valence-corrected chi connectivity index (χ3v) is 3.71. The van der Waals surface area contributed by atoms with E-state index in [0.29, 0.717) is 5.92 Å². The predicted molar refractivity (Wildman–Crippen MR) is 60.6 cm³/mol. The lowest BCUT2D eigenvalue weighted by Gasteiger charge is -2.02. The molecule has 1 aromatic heterocycles. The van der Waals surface area contributed by atoms with Crippen molar-refractivity contribution >= 4 is 11.0 Å². The van der Waals surface area contributed by atoms with Crippen molar-refractivity contribution in [2.45, 2.75) is 25.8 Å². The van der Waals surface area contributed by atoms with Crippen LogP contribution in [0.2, 0.25) is 0 Å². The van der Waals surface area contributed by atoms with Gasteiger partial charge in [0.25, 0.3) is 0 Å². The predicted octanol–water partition coefficient (Wildman–Crippen LogP) is 2.01. The number of nitrogens with two attached hydrogens (primary N) is 1. The van der Waals surface area contributed by atoms with Crippen LogP contribution in [0.4, 0.5) is 0 Å². The van der Waals surface area contributed by atoms with Crippen molar-refractivity contribution in [3.63, 3.8) is 0 Å². The molecule has 3 N–H and O–H groups in total. The number of benzene rings is 1. The molecule has 0 amide bonds. The van der Waals surface area contributed by atoms with Crippen molar-refractivity contribution in [3.8, 4) is 0 Å². The second-order valence-electron chi connectivity index (χ2n) is 5.00. The Morgan fingerprint density at radius 1 is 1.40 bits per heavy atom. The molecule has 1 aliphatic carbocycles. The van der Waals surface area contributed by atoms with E-state index >= 15 is 0 Å². The van der Waals surface area contributed by atoms with Gasteiger partial charge in [-0.3, -0.25) is 0 Å². The highest BCUT2D eigenvalue weighted by atomic mass is 14.9. The zero-order chi connectivity index (χ0) is 10.6. The Labute approximate surface area is 88.7 Å². The van der Waals surface area contributed by atoms with E-state index in [1.165, 1.54) is 5.56 Å². The van der Waals surface area contributed by atoms with Gasteiger partial charge in [-0.05, 0) is 23.1 Å². The molecule has 0 saturated heterocycles. The molecule has 78 valence electrons. The van der Waals surface area contributed by atoms with E-state index in [1.54, 1.807) is 6.33 Å². The van der Waals surface area contributed by atoms with Gasteiger partial charge >= 0.3 is 0 Å². The average Bonchev–Trinajstić information content (AvgIpc) is 2.62. The summed E-state index contributed by atoms with van der Waals surface area (Å²) in [7, 11) is 0. The van der Waals surface area contributed by atoms with Crippen LogP contribution >= 0.6 is 0 Å². The molecular formula is C12H15N3. The number of fused-ring (bicyclic) bond motifs is 1. The van der Waals surface area contributed by atoms with Crippen LogP contribution < -0.4 is 5.73 Å². The van der Waals surface area contributed by atoms with Crippen molar-refractivity contribution in [3.05, 3.63) is 30.1 Å². The van der Waals surface area contributed by atoms with Gasteiger partial charge < -0.3 is 10.7 Å². The Kier molecular flexibility index (Phi) is 1.55. The molecule has 0 aliphatic heterocycles. The number of nitrogens with one attached hydrogen (secondary N) is 1. The first-order chi connectivity index (χ1) is 7.10. The van der Waals surface area contributed by atoms with Crippen LogP contribution in [0.5, 0.6) is 0 Å². The first-order valence-electron chi connectivity index (χ1n) is 5.29. The van der Waals surface area contributed by atoms with Gasteiger partial charge in [0.15, 0.2) is 0 Å². The van der Waals surface area contributed by atoms with E-state index in [4.69, 9.17) is 5.73 Å². The zero-order valence-electron chi connectivity index (χ0n) is 8.99. The third kappa shape index (κ3) is 1.13. The molecule has 15 heavy (non-hydrogen) atoms. The highest BCUT2D eigenvalue weighted by molar-refractivity contribution is 5.75. The van der Waals surface area contributed by atoms with Crippen molar-refractivity contribution in [2.24, 2.45) is 11.1 Å². The Bertz CT molecular complexity index is 512. The summed E-state index contributed by atoms with van der Waals surface area (Å²) >= 11 is 0. The lowest BCUT2D eigenvalue weighted by molar-refractivity contribution is 0.599. The van der Waals surface area contributed by atoms with Crippen molar-refractivity contribution in [2.75, 3.05) is 0 Å². The topological polar surface area (TPSA) is 54.7 Å². The average molecular weight is 201 g/mol. The molecule has 0 unspecified atom stereocenters. The molecule has 3 nitrogen and oxygen atoms in total. The van der Waals surface area contributed by atoms with E-state index < -0.39 is 0 Å². The van der Waals surface area contributed by atoms with Gasteiger partial charge in [0, 0.05) is 12.0 Å². The largest absolute Gasteiger partial charge is 0.345 e. The van der Waals surface area contributed by atoms with Gasteiger partial charge in [0.05, 0.1) is 17.4 Å². The van der Waals surface area contributed by atoms with Crippen molar-refractivity contribution < 1.29 is 0 Å². The standard InChI is InChI=1S/C12H15N3/c1-12(2)10(11(12)13)7-3-4-8-9(5-7)15-6-14-8/h3-6,10-11H,13H2,1-2H3,(H,14,15)/t10-,11-/m1/s1. The van der Waals surface area contributed by atoms with Gasteiger partial charge in [0.1, 0.15) is 0 Å². The van der Waals surface area contributed by atoms with E-state index in [9.17, 15) is 0 Å². The van der Waals surface area contributed by atoms with Crippen molar-refractivity contribution in [1.29, 1.82) is 0 Å². The highest BCUT2D eigenvalue weighted by Gasteiger charge is 2.56. The summed E-state index contributed by atoms with van der Waals surface area (Å²) in [6, 6.07) is 6.66. The summed E-state index contributed by atoms with van der Waals surface area (Å²) in [5.41, 5.74) is 9.76. The van der Waals surface area contributed by atoms with Crippen LogP contribution in [0.1, 0.15) is 25.3 Å². The summed E-state index contributed by atoms with van der Waals surface area (Å²) < 4.78 is 0. The molecule has 2 aromatic rings. The number of rotatable bonds is 1. The van der Waals surface area contributed by atoms with Gasteiger partial charge in [0.2, 0.25) is 0 Å². The maximum Gasteiger partial charge on any atom is 0.0931 e. The molecule has 3 heteroatoms. The number of hydrogen-bond acceptors (Lipinski definition) is 2. The maximum atomic E-state index is 6.07. The molecule has 1 heterocycles. The van der Waals surface area contributed by atoms with Crippen LogP contribution in [-0.2, 0) is 0 Å². The fourth-order valence-electron chi connectivity index (χ4n) is 2.46. The summed E-state index contributed by atoms with van der Waals surface area (Å²) in [5.74, 6) is 0.491. The summed E-state index contributed by atoms with van der Waals surface area (Å²) in [5, 5.41) is 0. The van der Waals surface area contributed by atoms with Crippen LogP contribution in [0.25, 0.3) is 11.0 Å².